The molecule has 1 aliphatic carbocycles. The van der Waals surface area contributed by atoms with E-state index >= 15 is 0 Å². The molecule has 0 bridgehead atoms. The summed E-state index contributed by atoms with van der Waals surface area (Å²) >= 11 is 3.32. The van der Waals surface area contributed by atoms with Gasteiger partial charge in [0.25, 0.3) is 0 Å². The van der Waals surface area contributed by atoms with Crippen molar-refractivity contribution in [1.29, 1.82) is 0 Å². The molecule has 21 heavy (non-hydrogen) atoms. The van der Waals surface area contributed by atoms with Gasteiger partial charge in [-0.1, -0.05) is 32.9 Å². The second-order valence-electron chi connectivity index (χ2n) is 7.08. The first-order valence-corrected chi connectivity index (χ1v) is 8.91. The van der Waals surface area contributed by atoms with E-state index in [1.165, 1.54) is 25.7 Å². The molecule has 1 nitrogen and oxygen atoms in total. The van der Waals surface area contributed by atoms with Crippen molar-refractivity contribution in [2.24, 2.45) is 11.3 Å². The minimum absolute atomic E-state index is 0.101. The highest BCUT2D eigenvalue weighted by atomic mass is 79.9. The number of rotatable bonds is 5. The number of benzene rings is 1. The molecule has 2 rings (SSSR count). The topological polar surface area (TPSA) is 12.0 Å². The van der Waals surface area contributed by atoms with Crippen LogP contribution in [0, 0.1) is 17.2 Å². The van der Waals surface area contributed by atoms with E-state index in [0.717, 1.165) is 18.5 Å². The number of hydrogen-bond donors (Lipinski definition) is 1. The van der Waals surface area contributed by atoms with Gasteiger partial charge in [-0.05, 0) is 72.0 Å². The first kappa shape index (κ1) is 17.0. The minimum atomic E-state index is -0.101. The molecule has 0 heterocycles. The van der Waals surface area contributed by atoms with Crippen LogP contribution >= 0.6 is 15.9 Å². The standard InChI is InChI=1S/C18H27BrFN/c1-4-12-21-17(13-8-10-18(2,3)11-9-13)14-6-5-7-15(19)16(14)20/h5-7,13,17,21H,4,8-12H2,1-3H3. The summed E-state index contributed by atoms with van der Waals surface area (Å²) in [6.07, 6.45) is 5.90. The van der Waals surface area contributed by atoms with Gasteiger partial charge >= 0.3 is 0 Å². The van der Waals surface area contributed by atoms with Crippen molar-refractivity contribution in [3.63, 3.8) is 0 Å². The number of halogens is 2. The molecule has 1 fully saturated rings. The predicted octanol–water partition coefficient (Wildman–Crippen LogP) is 5.85. The van der Waals surface area contributed by atoms with Crippen LogP contribution in [0.15, 0.2) is 22.7 Å². The van der Waals surface area contributed by atoms with Crippen LogP contribution in [-0.4, -0.2) is 6.54 Å². The Hall–Kier alpha value is -0.410. The summed E-state index contributed by atoms with van der Waals surface area (Å²) in [5, 5.41) is 3.59. The Balaban J connectivity index is 2.20. The molecule has 0 amide bonds. The zero-order chi connectivity index (χ0) is 15.5. The summed E-state index contributed by atoms with van der Waals surface area (Å²) in [6, 6.07) is 5.79. The highest BCUT2D eigenvalue weighted by Gasteiger charge is 2.33. The zero-order valence-corrected chi connectivity index (χ0v) is 15.0. The molecule has 0 aromatic heterocycles. The van der Waals surface area contributed by atoms with E-state index in [2.05, 4.69) is 42.0 Å². The molecule has 3 heteroatoms. The van der Waals surface area contributed by atoms with E-state index in [-0.39, 0.29) is 11.9 Å². The normalized spacial score (nSPS) is 20.4. The lowest BCUT2D eigenvalue weighted by Gasteiger charge is -2.38. The average Bonchev–Trinajstić information content (AvgIpc) is 2.44. The van der Waals surface area contributed by atoms with Crippen LogP contribution in [0.1, 0.15) is 64.5 Å². The Bertz CT molecular complexity index is 462. The maximum absolute atomic E-state index is 14.5. The Morgan fingerprint density at radius 2 is 2.00 bits per heavy atom. The zero-order valence-electron chi connectivity index (χ0n) is 13.4. The molecule has 1 N–H and O–H groups in total. The molecular formula is C18H27BrFN. The van der Waals surface area contributed by atoms with Crippen LogP contribution in [-0.2, 0) is 0 Å². The van der Waals surface area contributed by atoms with Gasteiger partial charge in [0.1, 0.15) is 5.82 Å². The Labute approximate surface area is 136 Å². The first-order valence-electron chi connectivity index (χ1n) is 8.12. The largest absolute Gasteiger partial charge is 0.310 e. The minimum Gasteiger partial charge on any atom is -0.310 e. The van der Waals surface area contributed by atoms with Gasteiger partial charge in [0.2, 0.25) is 0 Å². The van der Waals surface area contributed by atoms with E-state index in [4.69, 9.17) is 0 Å². The third-order valence-electron chi connectivity index (χ3n) is 4.79. The monoisotopic (exact) mass is 355 g/mol. The van der Waals surface area contributed by atoms with E-state index < -0.39 is 0 Å². The van der Waals surface area contributed by atoms with Crippen molar-refractivity contribution in [2.45, 2.75) is 58.9 Å². The second kappa shape index (κ2) is 7.23. The van der Waals surface area contributed by atoms with Crippen molar-refractivity contribution in [3.05, 3.63) is 34.1 Å². The summed E-state index contributed by atoms with van der Waals surface area (Å²) in [5.41, 5.74) is 1.27. The van der Waals surface area contributed by atoms with Crippen LogP contribution in [0.25, 0.3) is 0 Å². The van der Waals surface area contributed by atoms with Gasteiger partial charge in [-0.25, -0.2) is 4.39 Å². The van der Waals surface area contributed by atoms with Crippen LogP contribution in [0.4, 0.5) is 4.39 Å². The molecule has 1 unspecified atom stereocenters. The van der Waals surface area contributed by atoms with Crippen molar-refractivity contribution >= 4 is 15.9 Å². The summed E-state index contributed by atoms with van der Waals surface area (Å²) < 4.78 is 15.1. The molecule has 118 valence electrons. The fraction of sp³-hybridized carbons (Fsp3) is 0.667. The van der Waals surface area contributed by atoms with Gasteiger partial charge in [0.15, 0.2) is 0 Å². The lowest BCUT2D eigenvalue weighted by atomic mass is 9.70. The van der Waals surface area contributed by atoms with Gasteiger partial charge in [-0.3, -0.25) is 0 Å². The molecule has 0 spiro atoms. The molecule has 0 aliphatic heterocycles. The molecule has 1 atom stereocenters. The van der Waals surface area contributed by atoms with Crippen molar-refractivity contribution in [3.8, 4) is 0 Å². The van der Waals surface area contributed by atoms with Crippen LogP contribution in [0.3, 0.4) is 0 Å². The van der Waals surface area contributed by atoms with Gasteiger partial charge in [0, 0.05) is 11.6 Å². The molecule has 0 saturated heterocycles. The molecule has 1 aromatic rings. The Kier molecular flexibility index (Phi) is 5.84. The highest BCUT2D eigenvalue weighted by molar-refractivity contribution is 9.10. The fourth-order valence-electron chi connectivity index (χ4n) is 3.35. The highest BCUT2D eigenvalue weighted by Crippen LogP contribution is 2.43. The summed E-state index contributed by atoms with van der Waals surface area (Å²) in [4.78, 5) is 0. The van der Waals surface area contributed by atoms with Crippen LogP contribution in [0.2, 0.25) is 0 Å². The van der Waals surface area contributed by atoms with Crippen molar-refractivity contribution in [1.82, 2.24) is 5.32 Å². The van der Waals surface area contributed by atoms with Gasteiger partial charge in [0.05, 0.1) is 4.47 Å². The Morgan fingerprint density at radius 1 is 1.33 bits per heavy atom. The lowest BCUT2D eigenvalue weighted by molar-refractivity contribution is 0.160. The van der Waals surface area contributed by atoms with E-state index in [1.54, 1.807) is 6.07 Å². The second-order valence-corrected chi connectivity index (χ2v) is 7.93. The molecule has 1 aromatic carbocycles. The third-order valence-corrected chi connectivity index (χ3v) is 5.40. The van der Waals surface area contributed by atoms with Crippen LogP contribution in [0.5, 0.6) is 0 Å². The van der Waals surface area contributed by atoms with Gasteiger partial charge < -0.3 is 5.32 Å². The SMILES string of the molecule is CCCNC(c1cccc(Br)c1F)C1CCC(C)(C)CC1. The van der Waals surface area contributed by atoms with Gasteiger partial charge in [-0.2, -0.15) is 0 Å². The number of nitrogens with one attached hydrogen (secondary N) is 1. The maximum Gasteiger partial charge on any atom is 0.142 e. The fourth-order valence-corrected chi connectivity index (χ4v) is 3.73. The lowest BCUT2D eigenvalue weighted by Crippen LogP contribution is -2.34. The van der Waals surface area contributed by atoms with E-state index in [9.17, 15) is 4.39 Å². The Morgan fingerprint density at radius 3 is 2.62 bits per heavy atom. The smallest absolute Gasteiger partial charge is 0.142 e. The first-order chi connectivity index (χ1) is 9.94. The third kappa shape index (κ3) is 4.29. The quantitative estimate of drug-likeness (QED) is 0.698. The molecular weight excluding hydrogens is 329 g/mol. The maximum atomic E-state index is 14.5. The van der Waals surface area contributed by atoms with E-state index in [1.807, 2.05) is 12.1 Å². The number of hydrogen-bond acceptors (Lipinski definition) is 1. The average molecular weight is 356 g/mol. The molecule has 1 aliphatic rings. The summed E-state index contributed by atoms with van der Waals surface area (Å²) in [7, 11) is 0. The van der Waals surface area contributed by atoms with Crippen molar-refractivity contribution in [2.75, 3.05) is 6.54 Å². The molecule has 1 saturated carbocycles. The summed E-state index contributed by atoms with van der Waals surface area (Å²) in [6.45, 7) is 7.79. The molecule has 0 radical (unpaired) electrons. The van der Waals surface area contributed by atoms with E-state index in [0.29, 0.717) is 15.8 Å². The van der Waals surface area contributed by atoms with Crippen molar-refractivity contribution < 1.29 is 4.39 Å². The predicted molar refractivity (Wildman–Crippen MR) is 90.9 cm³/mol. The van der Waals surface area contributed by atoms with Gasteiger partial charge in [-0.15, -0.1) is 0 Å². The summed E-state index contributed by atoms with van der Waals surface area (Å²) in [5.74, 6) is 0.435. The van der Waals surface area contributed by atoms with Crippen LogP contribution < -0.4 is 5.32 Å².